The normalized spacial score (nSPS) is 10.2. The van der Waals surface area contributed by atoms with Crippen LogP contribution < -0.4 is 5.32 Å². The molecule has 1 amide bonds. The number of nitrogens with one attached hydrogen (secondary N) is 1. The Morgan fingerprint density at radius 3 is 2.86 bits per heavy atom. The van der Waals surface area contributed by atoms with E-state index in [0.29, 0.717) is 15.8 Å². The van der Waals surface area contributed by atoms with Crippen molar-refractivity contribution in [1.29, 1.82) is 0 Å². The number of hydrogen-bond acceptors (Lipinski definition) is 5. The van der Waals surface area contributed by atoms with Crippen molar-refractivity contribution in [1.82, 2.24) is 4.98 Å². The number of benzene rings is 1. The fourth-order valence-electron chi connectivity index (χ4n) is 1.51. The third kappa shape index (κ3) is 3.93. The van der Waals surface area contributed by atoms with E-state index in [4.69, 9.17) is 23.2 Å². The first-order valence-electron chi connectivity index (χ1n) is 5.78. The average molecular weight is 345 g/mol. The van der Waals surface area contributed by atoms with Gasteiger partial charge in [0.25, 0.3) is 5.91 Å². The lowest BCUT2D eigenvalue weighted by Gasteiger charge is -2.05. The molecule has 0 saturated heterocycles. The summed E-state index contributed by atoms with van der Waals surface area (Å²) in [6.45, 7) is 0. The molecule has 1 N–H and O–H groups in total. The number of thiazole rings is 1. The summed E-state index contributed by atoms with van der Waals surface area (Å²) >= 11 is 13.0. The first kappa shape index (κ1) is 15.8. The number of hydrogen-bond donors (Lipinski definition) is 1. The molecular weight excluding hydrogens is 335 g/mol. The van der Waals surface area contributed by atoms with Crippen LogP contribution in [0.4, 0.5) is 5.13 Å². The minimum atomic E-state index is -0.415. The number of nitrogens with zero attached hydrogens (tertiary/aromatic N) is 1. The van der Waals surface area contributed by atoms with Crippen LogP contribution in [0.5, 0.6) is 0 Å². The predicted molar refractivity (Wildman–Crippen MR) is 82.2 cm³/mol. The van der Waals surface area contributed by atoms with Gasteiger partial charge in [-0.3, -0.25) is 14.9 Å². The van der Waals surface area contributed by atoms with Gasteiger partial charge < -0.3 is 4.74 Å². The molecule has 0 bridgehead atoms. The van der Waals surface area contributed by atoms with E-state index in [0.717, 1.165) is 0 Å². The molecule has 2 aromatic rings. The molecule has 0 atom stereocenters. The van der Waals surface area contributed by atoms with E-state index in [9.17, 15) is 9.59 Å². The summed E-state index contributed by atoms with van der Waals surface area (Å²) in [6, 6.07) is 4.79. The zero-order valence-electron chi connectivity index (χ0n) is 10.9. The van der Waals surface area contributed by atoms with E-state index >= 15 is 0 Å². The van der Waals surface area contributed by atoms with Crippen molar-refractivity contribution in [2.75, 3.05) is 12.4 Å². The minimum absolute atomic E-state index is 0.0563. The third-order valence-electron chi connectivity index (χ3n) is 2.52. The van der Waals surface area contributed by atoms with Crippen molar-refractivity contribution in [3.8, 4) is 0 Å². The fourth-order valence-corrected chi connectivity index (χ4v) is 2.60. The number of amides is 1. The number of halogens is 2. The van der Waals surface area contributed by atoms with E-state index in [1.165, 1.54) is 18.4 Å². The number of methoxy groups -OCH3 is 1. The lowest BCUT2D eigenvalue weighted by atomic mass is 10.2. The Morgan fingerprint density at radius 2 is 2.14 bits per heavy atom. The topological polar surface area (TPSA) is 68.3 Å². The molecular formula is C13H10Cl2N2O3S. The number of rotatable bonds is 4. The van der Waals surface area contributed by atoms with Gasteiger partial charge in [0.15, 0.2) is 5.13 Å². The number of anilines is 1. The number of ether oxygens (including phenoxy) is 1. The molecule has 21 heavy (non-hydrogen) atoms. The van der Waals surface area contributed by atoms with Crippen LogP contribution in [0.3, 0.4) is 0 Å². The summed E-state index contributed by atoms with van der Waals surface area (Å²) < 4.78 is 4.55. The maximum Gasteiger partial charge on any atom is 0.311 e. The molecule has 1 aromatic heterocycles. The van der Waals surface area contributed by atoms with Crippen molar-refractivity contribution in [3.05, 3.63) is 44.9 Å². The summed E-state index contributed by atoms with van der Waals surface area (Å²) in [7, 11) is 1.30. The maximum absolute atomic E-state index is 12.1. The van der Waals surface area contributed by atoms with Crippen molar-refractivity contribution in [3.63, 3.8) is 0 Å². The molecule has 0 unspecified atom stereocenters. The zero-order chi connectivity index (χ0) is 15.4. The third-order valence-corrected chi connectivity index (χ3v) is 4.15. The standard InChI is InChI=1S/C13H10Cl2N2O3S/c1-20-10(18)5-7-6-21-13(16-7)17-12(19)8-3-2-4-9(14)11(8)15/h2-4,6H,5H2,1H3,(H,16,17,19). The first-order chi connectivity index (χ1) is 10.0. The SMILES string of the molecule is COC(=O)Cc1csc(NC(=O)c2cccc(Cl)c2Cl)n1. The van der Waals surface area contributed by atoms with Crippen LogP contribution in [0.25, 0.3) is 0 Å². The van der Waals surface area contributed by atoms with Crippen LogP contribution in [0.2, 0.25) is 10.0 Å². The molecule has 0 radical (unpaired) electrons. The van der Waals surface area contributed by atoms with Gasteiger partial charge in [0.1, 0.15) is 0 Å². The van der Waals surface area contributed by atoms with Gasteiger partial charge in [-0.05, 0) is 12.1 Å². The number of aromatic nitrogens is 1. The van der Waals surface area contributed by atoms with Gasteiger partial charge in [0.2, 0.25) is 0 Å². The zero-order valence-corrected chi connectivity index (χ0v) is 13.2. The van der Waals surface area contributed by atoms with Crippen LogP contribution in [-0.2, 0) is 16.0 Å². The van der Waals surface area contributed by atoms with Crippen molar-refractivity contribution >= 4 is 51.5 Å². The van der Waals surface area contributed by atoms with Crippen LogP contribution in [0.1, 0.15) is 16.1 Å². The number of carbonyl (C=O) groups excluding carboxylic acids is 2. The Balaban J connectivity index is 2.09. The van der Waals surface area contributed by atoms with Crippen molar-refractivity contribution in [2.45, 2.75) is 6.42 Å². The Bertz CT molecular complexity index is 688. The van der Waals surface area contributed by atoms with Crippen molar-refractivity contribution in [2.24, 2.45) is 0 Å². The van der Waals surface area contributed by atoms with Crippen LogP contribution in [0.15, 0.2) is 23.6 Å². The highest BCUT2D eigenvalue weighted by Crippen LogP contribution is 2.26. The van der Waals surface area contributed by atoms with Gasteiger partial charge in [-0.15, -0.1) is 11.3 Å². The fraction of sp³-hybridized carbons (Fsp3) is 0.154. The lowest BCUT2D eigenvalue weighted by Crippen LogP contribution is -2.12. The summed E-state index contributed by atoms with van der Waals surface area (Å²) in [5.74, 6) is -0.808. The van der Waals surface area contributed by atoms with Crippen LogP contribution in [-0.4, -0.2) is 24.0 Å². The quantitative estimate of drug-likeness (QED) is 0.862. The highest BCUT2D eigenvalue weighted by atomic mass is 35.5. The van der Waals surface area contributed by atoms with E-state index in [1.54, 1.807) is 23.6 Å². The largest absolute Gasteiger partial charge is 0.469 e. The number of esters is 1. The first-order valence-corrected chi connectivity index (χ1v) is 7.41. The second-order valence-electron chi connectivity index (χ2n) is 3.95. The second kappa shape index (κ2) is 6.89. The molecule has 2 rings (SSSR count). The Labute approximate surface area is 134 Å². The van der Waals surface area contributed by atoms with Crippen molar-refractivity contribution < 1.29 is 14.3 Å². The molecule has 1 heterocycles. The molecule has 1 aromatic carbocycles. The van der Waals surface area contributed by atoms with E-state index < -0.39 is 11.9 Å². The Hall–Kier alpha value is -1.63. The smallest absolute Gasteiger partial charge is 0.311 e. The molecule has 5 nitrogen and oxygen atoms in total. The summed E-state index contributed by atoms with van der Waals surface area (Å²) in [5.41, 5.74) is 0.785. The molecule has 0 spiro atoms. The minimum Gasteiger partial charge on any atom is -0.469 e. The molecule has 0 saturated carbocycles. The number of carbonyl (C=O) groups is 2. The van der Waals surface area contributed by atoms with Gasteiger partial charge in [0.05, 0.1) is 34.8 Å². The molecule has 110 valence electrons. The monoisotopic (exact) mass is 344 g/mol. The summed E-state index contributed by atoms with van der Waals surface area (Å²) in [6.07, 6.45) is 0.0563. The summed E-state index contributed by atoms with van der Waals surface area (Å²) in [5, 5.41) is 5.14. The molecule has 8 heteroatoms. The molecule has 0 fully saturated rings. The van der Waals surface area contributed by atoms with Gasteiger partial charge in [-0.25, -0.2) is 4.98 Å². The molecule has 0 aliphatic carbocycles. The van der Waals surface area contributed by atoms with Gasteiger partial charge in [-0.2, -0.15) is 0 Å². The van der Waals surface area contributed by atoms with Gasteiger partial charge in [-0.1, -0.05) is 29.3 Å². The maximum atomic E-state index is 12.1. The Kier molecular flexibility index (Phi) is 5.17. The highest BCUT2D eigenvalue weighted by molar-refractivity contribution is 7.14. The van der Waals surface area contributed by atoms with Gasteiger partial charge in [0, 0.05) is 5.38 Å². The van der Waals surface area contributed by atoms with Crippen LogP contribution >= 0.6 is 34.5 Å². The summed E-state index contributed by atoms with van der Waals surface area (Å²) in [4.78, 5) is 27.4. The van der Waals surface area contributed by atoms with E-state index in [2.05, 4.69) is 15.0 Å². The average Bonchev–Trinajstić information content (AvgIpc) is 2.88. The molecule has 0 aliphatic rings. The van der Waals surface area contributed by atoms with E-state index in [1.807, 2.05) is 0 Å². The van der Waals surface area contributed by atoms with E-state index in [-0.39, 0.29) is 17.0 Å². The van der Waals surface area contributed by atoms with Crippen LogP contribution in [0, 0.1) is 0 Å². The molecule has 0 aliphatic heterocycles. The lowest BCUT2D eigenvalue weighted by molar-refractivity contribution is -0.139. The highest BCUT2D eigenvalue weighted by Gasteiger charge is 2.15. The second-order valence-corrected chi connectivity index (χ2v) is 5.60. The van der Waals surface area contributed by atoms with Gasteiger partial charge >= 0.3 is 5.97 Å². The Morgan fingerprint density at radius 1 is 1.38 bits per heavy atom. The predicted octanol–water partition coefficient (Wildman–Crippen LogP) is 3.42.